The van der Waals surface area contributed by atoms with E-state index in [2.05, 4.69) is 11.7 Å². The van der Waals surface area contributed by atoms with E-state index in [1.807, 2.05) is 18.2 Å². The maximum absolute atomic E-state index is 11.1. The molecule has 5 heteroatoms. The van der Waals surface area contributed by atoms with Crippen LogP contribution in [0.5, 0.6) is 0 Å². The number of hydrogen-bond acceptors (Lipinski definition) is 5. The standard InChI is InChI=1S/C21H32O5/c1-3-4-5-8-15(22)11-12-17-18-13-16(26-20(18)14-19(17)23)9-6-7-10-21(24)25-2/h11-13,15,17,19,22-23H,3-10,14H2,1-2H3/t15-,17-,19-/m1/s1. The Morgan fingerprint density at radius 2 is 2.19 bits per heavy atom. The minimum absolute atomic E-state index is 0.113. The fourth-order valence-corrected chi connectivity index (χ4v) is 3.44. The van der Waals surface area contributed by atoms with Gasteiger partial charge in [0.15, 0.2) is 0 Å². The second-order valence-corrected chi connectivity index (χ2v) is 7.12. The topological polar surface area (TPSA) is 79.9 Å². The van der Waals surface area contributed by atoms with Crippen molar-refractivity contribution in [2.24, 2.45) is 0 Å². The monoisotopic (exact) mass is 364 g/mol. The van der Waals surface area contributed by atoms with Crippen molar-refractivity contribution in [3.05, 3.63) is 35.3 Å². The summed E-state index contributed by atoms with van der Waals surface area (Å²) in [7, 11) is 1.40. The number of rotatable bonds is 11. The summed E-state index contributed by atoms with van der Waals surface area (Å²) in [6.07, 6.45) is 10.2. The largest absolute Gasteiger partial charge is 0.469 e. The van der Waals surface area contributed by atoms with Crippen LogP contribution in [0.4, 0.5) is 0 Å². The zero-order valence-electron chi connectivity index (χ0n) is 15.9. The Hall–Kier alpha value is -1.59. The summed E-state index contributed by atoms with van der Waals surface area (Å²) in [4.78, 5) is 11.1. The van der Waals surface area contributed by atoms with E-state index < -0.39 is 12.2 Å². The van der Waals surface area contributed by atoms with Crippen molar-refractivity contribution in [3.63, 3.8) is 0 Å². The minimum Gasteiger partial charge on any atom is -0.469 e. The van der Waals surface area contributed by atoms with Gasteiger partial charge in [-0.3, -0.25) is 4.79 Å². The van der Waals surface area contributed by atoms with Crippen molar-refractivity contribution in [1.29, 1.82) is 0 Å². The predicted octanol–water partition coefficient (Wildman–Crippen LogP) is 3.66. The predicted molar refractivity (Wildman–Crippen MR) is 100 cm³/mol. The number of hydrogen-bond donors (Lipinski definition) is 2. The molecule has 0 saturated heterocycles. The van der Waals surface area contributed by atoms with Crippen molar-refractivity contribution < 1.29 is 24.2 Å². The molecule has 3 atom stereocenters. The van der Waals surface area contributed by atoms with Gasteiger partial charge < -0.3 is 19.4 Å². The van der Waals surface area contributed by atoms with Crippen LogP contribution in [0.2, 0.25) is 0 Å². The van der Waals surface area contributed by atoms with Crippen LogP contribution >= 0.6 is 0 Å². The number of aliphatic hydroxyl groups is 2. The molecule has 1 aromatic heterocycles. The summed E-state index contributed by atoms with van der Waals surface area (Å²) in [5, 5.41) is 20.3. The van der Waals surface area contributed by atoms with Crippen LogP contribution < -0.4 is 0 Å². The third kappa shape index (κ3) is 5.99. The lowest BCUT2D eigenvalue weighted by molar-refractivity contribution is -0.140. The first-order chi connectivity index (χ1) is 12.5. The molecule has 0 fully saturated rings. The van der Waals surface area contributed by atoms with Crippen LogP contribution in [-0.4, -0.2) is 35.5 Å². The Labute approximate surface area is 156 Å². The van der Waals surface area contributed by atoms with Crippen LogP contribution in [0, 0.1) is 0 Å². The summed E-state index contributed by atoms with van der Waals surface area (Å²) in [6.45, 7) is 2.14. The van der Waals surface area contributed by atoms with Gasteiger partial charge in [-0.15, -0.1) is 0 Å². The third-order valence-electron chi connectivity index (χ3n) is 4.99. The second kappa shape index (κ2) is 10.5. The van der Waals surface area contributed by atoms with Crippen molar-refractivity contribution in [3.8, 4) is 0 Å². The summed E-state index contributed by atoms with van der Waals surface area (Å²) in [5.41, 5.74) is 1.03. The number of ether oxygens (including phenoxy) is 1. The molecule has 146 valence electrons. The fourth-order valence-electron chi connectivity index (χ4n) is 3.44. The second-order valence-electron chi connectivity index (χ2n) is 7.12. The molecule has 1 aromatic rings. The highest BCUT2D eigenvalue weighted by Gasteiger charge is 2.33. The molecule has 0 radical (unpaired) electrons. The number of aryl methyl sites for hydroxylation is 1. The van der Waals surface area contributed by atoms with E-state index in [9.17, 15) is 15.0 Å². The van der Waals surface area contributed by atoms with Crippen LogP contribution in [0.15, 0.2) is 22.6 Å². The number of unbranched alkanes of at least 4 members (excludes halogenated alkanes) is 3. The first-order valence-electron chi connectivity index (χ1n) is 9.77. The van der Waals surface area contributed by atoms with E-state index in [-0.39, 0.29) is 11.9 Å². The molecule has 0 amide bonds. The molecule has 26 heavy (non-hydrogen) atoms. The number of esters is 1. The molecular formula is C21H32O5. The van der Waals surface area contributed by atoms with Crippen molar-refractivity contribution in [2.75, 3.05) is 7.11 Å². The van der Waals surface area contributed by atoms with E-state index >= 15 is 0 Å². The molecule has 2 rings (SSSR count). The molecule has 1 aliphatic carbocycles. The minimum atomic E-state index is -0.490. The van der Waals surface area contributed by atoms with Crippen LogP contribution in [0.3, 0.4) is 0 Å². The van der Waals surface area contributed by atoms with E-state index in [0.717, 1.165) is 62.0 Å². The number of fused-ring (bicyclic) bond motifs is 1. The lowest BCUT2D eigenvalue weighted by atomic mass is 9.98. The third-order valence-corrected chi connectivity index (χ3v) is 4.99. The van der Waals surface area contributed by atoms with Gasteiger partial charge in [0.25, 0.3) is 0 Å². The van der Waals surface area contributed by atoms with Gasteiger partial charge in [0, 0.05) is 30.7 Å². The number of methoxy groups -OCH3 is 1. The molecule has 5 nitrogen and oxygen atoms in total. The zero-order valence-corrected chi connectivity index (χ0v) is 15.9. The van der Waals surface area contributed by atoms with Crippen molar-refractivity contribution >= 4 is 5.97 Å². The van der Waals surface area contributed by atoms with Crippen molar-refractivity contribution in [1.82, 2.24) is 0 Å². The van der Waals surface area contributed by atoms with Crippen LogP contribution in [0.25, 0.3) is 0 Å². The maximum atomic E-state index is 11.1. The Morgan fingerprint density at radius 3 is 2.92 bits per heavy atom. The van der Waals surface area contributed by atoms with E-state index in [1.165, 1.54) is 7.11 Å². The van der Waals surface area contributed by atoms with Gasteiger partial charge in [-0.05, 0) is 25.3 Å². The van der Waals surface area contributed by atoms with Gasteiger partial charge in [0.05, 0.1) is 19.3 Å². The van der Waals surface area contributed by atoms with Gasteiger partial charge in [-0.25, -0.2) is 0 Å². The molecule has 0 bridgehead atoms. The van der Waals surface area contributed by atoms with E-state index in [4.69, 9.17) is 4.42 Å². The number of furan rings is 1. The SMILES string of the molecule is CCCCC[C@@H](O)C=C[C@@H]1c2cc(CCCCC(=O)OC)oc2C[C@H]1O. The number of carbonyl (C=O) groups is 1. The molecule has 1 aliphatic rings. The molecule has 0 aromatic carbocycles. The quantitative estimate of drug-likeness (QED) is 0.356. The summed E-state index contributed by atoms with van der Waals surface area (Å²) in [6, 6.07) is 2.02. The highest BCUT2D eigenvalue weighted by molar-refractivity contribution is 5.68. The summed E-state index contributed by atoms with van der Waals surface area (Å²) < 4.78 is 10.5. The first kappa shape index (κ1) is 20.7. The number of aliphatic hydroxyl groups excluding tert-OH is 2. The van der Waals surface area contributed by atoms with Gasteiger partial charge in [0.1, 0.15) is 11.5 Å². The van der Waals surface area contributed by atoms with Gasteiger partial charge in [-0.1, -0.05) is 38.3 Å². The number of carbonyl (C=O) groups excluding carboxylic acids is 1. The smallest absolute Gasteiger partial charge is 0.305 e. The normalized spacial score (nSPS) is 20.5. The summed E-state index contributed by atoms with van der Waals surface area (Å²) in [5.74, 6) is 1.44. The lowest BCUT2D eigenvalue weighted by Gasteiger charge is -2.11. The maximum Gasteiger partial charge on any atom is 0.305 e. The van der Waals surface area contributed by atoms with Gasteiger partial charge in [-0.2, -0.15) is 0 Å². The Morgan fingerprint density at radius 1 is 1.38 bits per heavy atom. The molecule has 2 N–H and O–H groups in total. The average Bonchev–Trinajstić information content (AvgIpc) is 3.13. The fraction of sp³-hybridized carbons (Fsp3) is 0.667. The molecule has 0 spiro atoms. The summed E-state index contributed by atoms with van der Waals surface area (Å²) >= 11 is 0. The van der Waals surface area contributed by atoms with Gasteiger partial charge in [0.2, 0.25) is 0 Å². The van der Waals surface area contributed by atoms with E-state index in [0.29, 0.717) is 12.8 Å². The lowest BCUT2D eigenvalue weighted by Crippen LogP contribution is -2.12. The molecule has 1 heterocycles. The van der Waals surface area contributed by atoms with Crippen LogP contribution in [0.1, 0.15) is 74.9 Å². The highest BCUT2D eigenvalue weighted by Crippen LogP contribution is 2.37. The average molecular weight is 364 g/mol. The van der Waals surface area contributed by atoms with Gasteiger partial charge >= 0.3 is 5.97 Å². The molecule has 0 unspecified atom stereocenters. The Bertz CT molecular complexity index is 589. The first-order valence-corrected chi connectivity index (χ1v) is 9.77. The zero-order chi connectivity index (χ0) is 18.9. The van der Waals surface area contributed by atoms with Crippen LogP contribution in [-0.2, 0) is 22.4 Å². The van der Waals surface area contributed by atoms with E-state index in [1.54, 1.807) is 0 Å². The molecule has 0 aliphatic heterocycles. The van der Waals surface area contributed by atoms with Crippen molar-refractivity contribution in [2.45, 2.75) is 82.8 Å². The highest BCUT2D eigenvalue weighted by atomic mass is 16.5. The Kier molecular flexibility index (Phi) is 8.39. The Balaban J connectivity index is 1.86. The molecular weight excluding hydrogens is 332 g/mol. The molecule has 0 saturated carbocycles.